The van der Waals surface area contributed by atoms with Crippen molar-refractivity contribution < 1.29 is 9.84 Å². The molecule has 0 bridgehead atoms. The third-order valence-electron chi connectivity index (χ3n) is 2.94. The molecule has 0 fully saturated rings. The molecule has 0 aliphatic rings. The highest BCUT2D eigenvalue weighted by Gasteiger charge is 2.16. The quantitative estimate of drug-likeness (QED) is 0.835. The van der Waals surface area contributed by atoms with Crippen molar-refractivity contribution in [2.45, 2.75) is 13.0 Å². The van der Waals surface area contributed by atoms with Crippen LogP contribution >= 0.6 is 31.9 Å². The lowest BCUT2D eigenvalue weighted by Gasteiger charge is -2.16. The normalized spacial score (nSPS) is 12.3. The second-order valence-corrected chi connectivity index (χ2v) is 6.03. The topological polar surface area (TPSA) is 29.5 Å². The molecule has 1 atom stereocenters. The van der Waals surface area contributed by atoms with E-state index in [-0.39, 0.29) is 0 Å². The fourth-order valence-electron chi connectivity index (χ4n) is 1.93. The Kier molecular flexibility index (Phi) is 4.66. The monoisotopic (exact) mass is 384 g/mol. The van der Waals surface area contributed by atoms with Gasteiger partial charge in [0, 0.05) is 14.5 Å². The van der Waals surface area contributed by atoms with E-state index in [0.29, 0.717) is 5.75 Å². The van der Waals surface area contributed by atoms with Crippen LogP contribution in [0.1, 0.15) is 22.8 Å². The maximum atomic E-state index is 10.5. The molecular formula is C15H14Br2O2. The average Bonchev–Trinajstić information content (AvgIpc) is 2.41. The maximum absolute atomic E-state index is 10.5. The Labute approximate surface area is 129 Å². The summed E-state index contributed by atoms with van der Waals surface area (Å²) >= 11 is 6.87. The highest BCUT2D eigenvalue weighted by atomic mass is 79.9. The molecule has 1 unspecified atom stereocenters. The number of benzene rings is 2. The molecule has 0 aliphatic heterocycles. The van der Waals surface area contributed by atoms with Crippen LogP contribution in [0.15, 0.2) is 45.3 Å². The molecule has 0 radical (unpaired) electrons. The summed E-state index contributed by atoms with van der Waals surface area (Å²) in [4.78, 5) is 0. The molecule has 4 heteroatoms. The van der Waals surface area contributed by atoms with Gasteiger partial charge in [-0.2, -0.15) is 0 Å². The minimum atomic E-state index is -0.709. The Morgan fingerprint density at radius 2 is 1.79 bits per heavy atom. The van der Waals surface area contributed by atoms with E-state index in [0.717, 1.165) is 25.6 Å². The number of hydrogen-bond acceptors (Lipinski definition) is 2. The number of aliphatic hydroxyl groups is 1. The van der Waals surface area contributed by atoms with Crippen molar-refractivity contribution in [1.82, 2.24) is 0 Å². The third-order valence-corrected chi connectivity index (χ3v) is 4.82. The lowest BCUT2D eigenvalue weighted by atomic mass is 9.99. The van der Waals surface area contributed by atoms with Gasteiger partial charge in [-0.15, -0.1) is 0 Å². The van der Waals surface area contributed by atoms with Gasteiger partial charge in [0.1, 0.15) is 11.9 Å². The average molecular weight is 386 g/mol. The zero-order valence-corrected chi connectivity index (χ0v) is 13.8. The van der Waals surface area contributed by atoms with Gasteiger partial charge in [-0.3, -0.25) is 0 Å². The molecule has 1 N–H and O–H groups in total. The second-order valence-electron chi connectivity index (χ2n) is 4.32. The first-order valence-corrected chi connectivity index (χ1v) is 7.39. The van der Waals surface area contributed by atoms with Gasteiger partial charge in [-0.05, 0) is 68.6 Å². The van der Waals surface area contributed by atoms with E-state index >= 15 is 0 Å². The van der Waals surface area contributed by atoms with E-state index in [1.807, 2.05) is 43.3 Å². The van der Waals surface area contributed by atoms with Crippen LogP contribution in [0.25, 0.3) is 0 Å². The van der Waals surface area contributed by atoms with Gasteiger partial charge in [0.25, 0.3) is 0 Å². The van der Waals surface area contributed by atoms with Gasteiger partial charge < -0.3 is 9.84 Å². The standard InChI is InChI=1S/C15H14Br2O2/c1-9-3-6-14(19-2)11(7-9)15(18)10-4-5-12(16)13(17)8-10/h3-8,15,18H,1-2H3. The number of halogens is 2. The van der Waals surface area contributed by atoms with Crippen LogP contribution in [0.2, 0.25) is 0 Å². The summed E-state index contributed by atoms with van der Waals surface area (Å²) in [6.07, 6.45) is -0.709. The fourth-order valence-corrected chi connectivity index (χ4v) is 2.57. The number of hydrogen-bond donors (Lipinski definition) is 1. The van der Waals surface area contributed by atoms with E-state index in [1.54, 1.807) is 7.11 Å². The SMILES string of the molecule is COc1ccc(C)cc1C(O)c1ccc(Br)c(Br)c1. The van der Waals surface area contributed by atoms with Crippen molar-refractivity contribution in [3.63, 3.8) is 0 Å². The molecule has 2 aromatic carbocycles. The number of ether oxygens (including phenoxy) is 1. The molecule has 0 aromatic heterocycles. The Morgan fingerprint density at radius 1 is 1.05 bits per heavy atom. The molecule has 19 heavy (non-hydrogen) atoms. The molecule has 100 valence electrons. The minimum Gasteiger partial charge on any atom is -0.496 e. The zero-order chi connectivity index (χ0) is 14.0. The molecule has 2 rings (SSSR count). The molecule has 0 spiro atoms. The van der Waals surface area contributed by atoms with Gasteiger partial charge in [0.05, 0.1) is 7.11 Å². The highest BCUT2D eigenvalue weighted by molar-refractivity contribution is 9.13. The second kappa shape index (κ2) is 6.07. The lowest BCUT2D eigenvalue weighted by Crippen LogP contribution is -2.03. The van der Waals surface area contributed by atoms with Crippen molar-refractivity contribution in [2.24, 2.45) is 0 Å². The molecule has 0 saturated heterocycles. The first-order chi connectivity index (χ1) is 9.02. The number of aliphatic hydroxyl groups excluding tert-OH is 1. The Morgan fingerprint density at radius 3 is 2.42 bits per heavy atom. The summed E-state index contributed by atoms with van der Waals surface area (Å²) in [5, 5.41) is 10.5. The van der Waals surface area contributed by atoms with Crippen molar-refractivity contribution in [3.8, 4) is 5.75 Å². The van der Waals surface area contributed by atoms with Crippen LogP contribution in [-0.2, 0) is 0 Å². The first-order valence-electron chi connectivity index (χ1n) is 5.80. The van der Waals surface area contributed by atoms with E-state index in [4.69, 9.17) is 4.74 Å². The van der Waals surface area contributed by atoms with E-state index < -0.39 is 6.10 Å². The summed E-state index contributed by atoms with van der Waals surface area (Å²) in [7, 11) is 1.61. The molecule has 2 nitrogen and oxygen atoms in total. The largest absolute Gasteiger partial charge is 0.496 e. The third kappa shape index (κ3) is 3.19. The summed E-state index contributed by atoms with van der Waals surface area (Å²) in [6, 6.07) is 11.5. The molecular weight excluding hydrogens is 372 g/mol. The lowest BCUT2D eigenvalue weighted by molar-refractivity contribution is 0.214. The van der Waals surface area contributed by atoms with Crippen LogP contribution in [0.4, 0.5) is 0 Å². The zero-order valence-electron chi connectivity index (χ0n) is 10.7. The Balaban J connectivity index is 2.45. The maximum Gasteiger partial charge on any atom is 0.125 e. The smallest absolute Gasteiger partial charge is 0.125 e. The van der Waals surface area contributed by atoms with Gasteiger partial charge in [0.15, 0.2) is 0 Å². The summed E-state index contributed by atoms with van der Waals surface area (Å²) < 4.78 is 7.19. The summed E-state index contributed by atoms with van der Waals surface area (Å²) in [5.74, 6) is 0.692. The van der Waals surface area contributed by atoms with Gasteiger partial charge in [0.2, 0.25) is 0 Å². The van der Waals surface area contributed by atoms with Gasteiger partial charge in [-0.1, -0.05) is 17.7 Å². The van der Waals surface area contributed by atoms with Crippen molar-refractivity contribution in [3.05, 3.63) is 62.0 Å². The number of rotatable bonds is 3. The van der Waals surface area contributed by atoms with E-state index in [2.05, 4.69) is 31.9 Å². The molecule has 0 amide bonds. The predicted molar refractivity (Wildman–Crippen MR) is 83.6 cm³/mol. The number of aryl methyl sites for hydroxylation is 1. The van der Waals surface area contributed by atoms with Crippen LogP contribution in [-0.4, -0.2) is 12.2 Å². The molecule has 0 saturated carbocycles. The Hall–Kier alpha value is -0.840. The van der Waals surface area contributed by atoms with E-state index in [9.17, 15) is 5.11 Å². The van der Waals surface area contributed by atoms with Crippen LogP contribution in [0.3, 0.4) is 0 Å². The van der Waals surface area contributed by atoms with Gasteiger partial charge >= 0.3 is 0 Å². The fraction of sp³-hybridized carbons (Fsp3) is 0.200. The van der Waals surface area contributed by atoms with Crippen molar-refractivity contribution in [1.29, 1.82) is 0 Å². The van der Waals surface area contributed by atoms with E-state index in [1.165, 1.54) is 0 Å². The molecule has 2 aromatic rings. The van der Waals surface area contributed by atoms with Crippen LogP contribution in [0.5, 0.6) is 5.75 Å². The summed E-state index contributed by atoms with van der Waals surface area (Å²) in [5.41, 5.74) is 2.68. The van der Waals surface area contributed by atoms with Gasteiger partial charge in [-0.25, -0.2) is 0 Å². The van der Waals surface area contributed by atoms with Crippen molar-refractivity contribution in [2.75, 3.05) is 7.11 Å². The minimum absolute atomic E-state index is 0.692. The van der Waals surface area contributed by atoms with Crippen LogP contribution in [0, 0.1) is 6.92 Å². The number of methoxy groups -OCH3 is 1. The predicted octanol–water partition coefficient (Wildman–Crippen LogP) is 4.61. The Bertz CT molecular complexity index is 597. The summed E-state index contributed by atoms with van der Waals surface area (Å²) in [6.45, 7) is 1.99. The molecule has 0 heterocycles. The first kappa shape index (κ1) is 14.6. The van der Waals surface area contributed by atoms with Crippen molar-refractivity contribution >= 4 is 31.9 Å². The molecule has 0 aliphatic carbocycles. The van der Waals surface area contributed by atoms with Crippen LogP contribution < -0.4 is 4.74 Å². The highest BCUT2D eigenvalue weighted by Crippen LogP contribution is 2.33.